The van der Waals surface area contributed by atoms with Gasteiger partial charge in [0, 0.05) is 33.6 Å². The fourth-order valence-electron chi connectivity index (χ4n) is 6.07. The lowest BCUT2D eigenvalue weighted by molar-refractivity contribution is -0.192. The highest BCUT2D eigenvalue weighted by atomic mass is 16.6. The van der Waals surface area contributed by atoms with Crippen LogP contribution in [0.25, 0.3) is 0 Å². The minimum Gasteiger partial charge on any atom is -0.467 e. The van der Waals surface area contributed by atoms with Crippen LogP contribution in [-0.2, 0) is 60.5 Å². The summed E-state index contributed by atoms with van der Waals surface area (Å²) in [5.41, 5.74) is 6.59. The fraction of sp³-hybridized carbons (Fsp3) is 0.500. The third-order valence-corrected chi connectivity index (χ3v) is 8.74. The van der Waals surface area contributed by atoms with Gasteiger partial charge in [-0.3, -0.25) is 19.2 Å². The van der Waals surface area contributed by atoms with Crippen LogP contribution in [0.15, 0.2) is 83.0 Å². The summed E-state index contributed by atoms with van der Waals surface area (Å²) in [5, 5.41) is 0. The second-order valence-electron chi connectivity index (χ2n) is 14.0. The maximum absolute atomic E-state index is 12.9. The Bertz CT molecular complexity index is 1570. The lowest BCUT2D eigenvalue weighted by Gasteiger charge is -2.32. The molecule has 0 aliphatic heterocycles. The molecule has 1 aliphatic carbocycles. The molecule has 0 saturated carbocycles. The minimum absolute atomic E-state index is 0.0488. The smallest absolute Gasteiger partial charge is 0.339 e. The zero-order valence-electron chi connectivity index (χ0n) is 32.4. The van der Waals surface area contributed by atoms with Crippen LogP contribution >= 0.6 is 0 Å². The van der Waals surface area contributed by atoms with Crippen molar-refractivity contribution in [2.45, 2.75) is 119 Å². The number of carbonyl (C=O) groups is 5. The third kappa shape index (κ3) is 15.4. The topological polar surface area (TPSA) is 132 Å². The van der Waals surface area contributed by atoms with Gasteiger partial charge in [-0.05, 0) is 80.7 Å². The average Bonchev–Trinajstić information content (AvgIpc) is 3.04. The first kappa shape index (κ1) is 43.6. The van der Waals surface area contributed by atoms with E-state index in [1.807, 2.05) is 49.4 Å². The van der Waals surface area contributed by atoms with E-state index in [1.165, 1.54) is 37.8 Å². The number of methoxy groups -OCH3 is 1. The highest BCUT2D eigenvalue weighted by Crippen LogP contribution is 2.40. The van der Waals surface area contributed by atoms with Crippen molar-refractivity contribution < 1.29 is 47.7 Å². The number of hydrogen-bond donors (Lipinski definition) is 0. The van der Waals surface area contributed by atoms with Gasteiger partial charge in [-0.1, -0.05) is 79.6 Å². The lowest BCUT2D eigenvalue weighted by atomic mass is 9.72. The monoisotopic (exact) mass is 720 g/mol. The largest absolute Gasteiger partial charge is 0.467 e. The molecule has 52 heavy (non-hydrogen) atoms. The lowest BCUT2D eigenvalue weighted by Crippen LogP contribution is -2.48. The van der Waals surface area contributed by atoms with Crippen LogP contribution in [0, 0.1) is 5.41 Å². The van der Waals surface area contributed by atoms with E-state index in [-0.39, 0.29) is 24.0 Å². The van der Waals surface area contributed by atoms with Crippen LogP contribution < -0.4 is 0 Å². The molecule has 1 aromatic carbocycles. The number of benzene rings is 1. The van der Waals surface area contributed by atoms with E-state index in [0.29, 0.717) is 0 Å². The van der Waals surface area contributed by atoms with Crippen LogP contribution in [0.4, 0.5) is 0 Å². The summed E-state index contributed by atoms with van der Waals surface area (Å²) in [7, 11) is 1.14. The molecule has 0 radical (unpaired) electrons. The van der Waals surface area contributed by atoms with Gasteiger partial charge in [0.2, 0.25) is 0 Å². The first-order valence-electron chi connectivity index (χ1n) is 17.6. The van der Waals surface area contributed by atoms with Crippen LogP contribution in [0.5, 0.6) is 0 Å². The van der Waals surface area contributed by atoms with Gasteiger partial charge in [-0.15, -0.1) is 0 Å². The Hall–Kier alpha value is -4.57. The van der Waals surface area contributed by atoms with Gasteiger partial charge in [0.05, 0.1) is 13.2 Å². The molecule has 2 unspecified atom stereocenters. The molecule has 10 nitrogen and oxygen atoms in total. The van der Waals surface area contributed by atoms with Gasteiger partial charge < -0.3 is 23.7 Å². The zero-order valence-corrected chi connectivity index (χ0v) is 32.4. The Labute approximate surface area is 308 Å². The molecule has 1 aliphatic rings. The normalized spacial score (nSPS) is 17.3. The molecule has 0 saturated heterocycles. The highest BCUT2D eigenvalue weighted by molar-refractivity contribution is 5.92. The third-order valence-electron chi connectivity index (χ3n) is 8.74. The summed E-state index contributed by atoms with van der Waals surface area (Å²) in [6, 6.07) is 7.28. The maximum atomic E-state index is 12.9. The summed E-state index contributed by atoms with van der Waals surface area (Å²) >= 11 is 0. The molecule has 4 atom stereocenters. The van der Waals surface area contributed by atoms with E-state index >= 15 is 0 Å². The van der Waals surface area contributed by atoms with Crippen molar-refractivity contribution >= 4 is 29.7 Å². The maximum Gasteiger partial charge on any atom is 0.339 e. The van der Waals surface area contributed by atoms with Gasteiger partial charge in [0.1, 0.15) is 12.7 Å². The Morgan fingerprint density at radius 3 is 2.06 bits per heavy atom. The fourth-order valence-corrected chi connectivity index (χ4v) is 6.07. The van der Waals surface area contributed by atoms with Crippen LogP contribution in [0.1, 0.15) is 92.7 Å². The van der Waals surface area contributed by atoms with E-state index in [0.717, 1.165) is 42.7 Å². The van der Waals surface area contributed by atoms with Crippen molar-refractivity contribution in [3.63, 3.8) is 0 Å². The Kier molecular flexibility index (Phi) is 17.7. The van der Waals surface area contributed by atoms with Gasteiger partial charge in [0.15, 0.2) is 18.0 Å². The van der Waals surface area contributed by atoms with Crippen molar-refractivity contribution in [3.8, 4) is 0 Å². The number of ether oxygens (including phenoxy) is 5. The Balaban J connectivity index is 2.14. The number of allylic oxidation sites excluding steroid dienone is 10. The average molecular weight is 721 g/mol. The summed E-state index contributed by atoms with van der Waals surface area (Å²) in [6.07, 6.45) is 11.3. The van der Waals surface area contributed by atoms with Crippen molar-refractivity contribution in [2.24, 2.45) is 5.41 Å². The molecule has 0 spiro atoms. The van der Waals surface area contributed by atoms with E-state index < -0.39 is 54.9 Å². The number of rotatable bonds is 18. The van der Waals surface area contributed by atoms with Crippen molar-refractivity contribution in [3.05, 3.63) is 94.1 Å². The molecule has 0 amide bonds. The molecule has 0 fully saturated rings. The van der Waals surface area contributed by atoms with E-state index in [2.05, 4.69) is 39.8 Å². The molecular formula is C42H56O10. The summed E-state index contributed by atoms with van der Waals surface area (Å²) in [5.74, 6) is -2.86. The number of ketones is 1. The Morgan fingerprint density at radius 1 is 0.846 bits per heavy atom. The molecule has 1 aromatic rings. The van der Waals surface area contributed by atoms with Crippen LogP contribution in [-0.4, -0.2) is 67.8 Å². The van der Waals surface area contributed by atoms with Gasteiger partial charge in [0.25, 0.3) is 0 Å². The second-order valence-corrected chi connectivity index (χ2v) is 14.0. The van der Waals surface area contributed by atoms with E-state index in [9.17, 15) is 24.0 Å². The predicted octanol–water partition coefficient (Wildman–Crippen LogP) is 7.25. The Morgan fingerprint density at radius 2 is 1.48 bits per heavy atom. The predicted molar refractivity (Wildman–Crippen MR) is 199 cm³/mol. The molecule has 10 heteroatoms. The summed E-state index contributed by atoms with van der Waals surface area (Å²) in [6.45, 7) is 15.5. The van der Waals surface area contributed by atoms with Crippen molar-refractivity contribution in [2.75, 3.05) is 13.7 Å². The number of carbonyl (C=O) groups excluding carboxylic acids is 5. The molecule has 0 N–H and O–H groups in total. The van der Waals surface area contributed by atoms with Crippen LogP contribution in [0.3, 0.4) is 0 Å². The molecular weight excluding hydrogens is 664 g/mol. The SMILES string of the molecule is COC(=O)C(O[C@@H](Cc1ccc(CC(=O)/C=C(C)/C=C/C=C(C)/C=C/C2=C(C)CCCC2(C)C)cc1)C(C)OC(C)=O)[C@H](COC(C)=O)OC(C)=O. The molecule has 2 rings (SSSR count). The molecule has 0 bridgehead atoms. The second kappa shape index (κ2) is 21.1. The van der Waals surface area contributed by atoms with E-state index in [1.54, 1.807) is 13.0 Å². The van der Waals surface area contributed by atoms with Crippen molar-refractivity contribution in [1.29, 1.82) is 0 Å². The van der Waals surface area contributed by atoms with Gasteiger partial charge >= 0.3 is 23.9 Å². The quantitative estimate of drug-likeness (QED) is 0.0662. The first-order valence-corrected chi connectivity index (χ1v) is 17.6. The van der Waals surface area contributed by atoms with E-state index in [4.69, 9.17) is 23.7 Å². The highest BCUT2D eigenvalue weighted by Gasteiger charge is 2.38. The summed E-state index contributed by atoms with van der Waals surface area (Å²) < 4.78 is 26.6. The molecule has 0 aromatic heterocycles. The van der Waals surface area contributed by atoms with Crippen molar-refractivity contribution in [1.82, 2.24) is 0 Å². The number of esters is 4. The molecule has 284 valence electrons. The zero-order chi connectivity index (χ0) is 39.0. The first-order chi connectivity index (χ1) is 24.4. The minimum atomic E-state index is -1.50. The van der Waals surface area contributed by atoms with Gasteiger partial charge in [-0.2, -0.15) is 0 Å². The van der Waals surface area contributed by atoms with Gasteiger partial charge in [-0.25, -0.2) is 4.79 Å². The summed E-state index contributed by atoms with van der Waals surface area (Å²) in [4.78, 5) is 60.8. The standard InChI is InChI=1S/C42H56O10/c1-27(16-21-37-29(3)15-12-22-42(37,8)9)13-11-14-28(2)23-36(46)24-34-17-19-35(20-18-34)25-38(30(4)50-32(6)44)52-40(41(47)48-10)39(51-33(7)45)26-49-31(5)43/h11,13-14,16-21,23,30,38-40H,12,15,22,24-26H2,1-10H3/b14-11+,21-16+,27-13+,28-23+/t30?,38-,39-,40?/m0/s1. The number of hydrogen-bond acceptors (Lipinski definition) is 10. The van der Waals surface area contributed by atoms with Crippen LogP contribution in [0.2, 0.25) is 0 Å². The molecule has 0 heterocycles.